The molecule has 0 spiro atoms. The van der Waals surface area contributed by atoms with Crippen molar-refractivity contribution in [2.24, 2.45) is 5.73 Å². The molecule has 0 aliphatic rings. The highest BCUT2D eigenvalue weighted by Crippen LogP contribution is 2.10. The Morgan fingerprint density at radius 3 is 3.00 bits per heavy atom. The lowest BCUT2D eigenvalue weighted by Gasteiger charge is -2.12. The van der Waals surface area contributed by atoms with Crippen molar-refractivity contribution in [2.75, 3.05) is 5.32 Å². The molecule has 1 aromatic rings. The van der Waals surface area contributed by atoms with E-state index in [1.807, 2.05) is 19.9 Å². The van der Waals surface area contributed by atoms with Crippen molar-refractivity contribution in [1.82, 2.24) is 4.98 Å². The molecule has 3 N–H and O–H groups in total. The highest BCUT2D eigenvalue weighted by atomic mass is 16.2. The molecule has 1 atom stereocenters. The molecule has 0 radical (unpaired) electrons. The van der Waals surface area contributed by atoms with Gasteiger partial charge in [-0.25, -0.2) is 0 Å². The second-order valence-corrected chi connectivity index (χ2v) is 3.52. The minimum Gasteiger partial charge on any atom is -0.323 e. The molecule has 1 aromatic heterocycles. The van der Waals surface area contributed by atoms with E-state index >= 15 is 0 Å². The smallest absolute Gasteiger partial charge is 0.241 e. The largest absolute Gasteiger partial charge is 0.323 e. The van der Waals surface area contributed by atoms with Gasteiger partial charge >= 0.3 is 0 Å². The SMILES string of the molecule is CCC[C@@H](N)C(=O)Nc1cccnc1C. The van der Waals surface area contributed by atoms with Crippen molar-refractivity contribution in [3.05, 3.63) is 24.0 Å². The van der Waals surface area contributed by atoms with Crippen molar-refractivity contribution < 1.29 is 4.79 Å². The molecule has 1 amide bonds. The number of nitrogens with zero attached hydrogens (tertiary/aromatic N) is 1. The van der Waals surface area contributed by atoms with Crippen molar-refractivity contribution in [3.8, 4) is 0 Å². The van der Waals surface area contributed by atoms with Crippen LogP contribution < -0.4 is 11.1 Å². The fourth-order valence-corrected chi connectivity index (χ4v) is 1.28. The van der Waals surface area contributed by atoms with E-state index in [9.17, 15) is 4.79 Å². The van der Waals surface area contributed by atoms with Crippen LogP contribution in [0.3, 0.4) is 0 Å². The van der Waals surface area contributed by atoms with E-state index < -0.39 is 6.04 Å². The first-order valence-electron chi connectivity index (χ1n) is 5.13. The number of anilines is 1. The van der Waals surface area contributed by atoms with Crippen LogP contribution >= 0.6 is 0 Å². The Bertz CT molecular complexity index is 338. The fraction of sp³-hybridized carbons (Fsp3) is 0.455. The van der Waals surface area contributed by atoms with E-state index in [1.165, 1.54) is 0 Å². The number of carbonyl (C=O) groups excluding carboxylic acids is 1. The third kappa shape index (κ3) is 3.32. The van der Waals surface area contributed by atoms with Crippen LogP contribution in [0.4, 0.5) is 5.69 Å². The van der Waals surface area contributed by atoms with Crippen LogP contribution in [0, 0.1) is 6.92 Å². The van der Waals surface area contributed by atoms with Gasteiger partial charge in [0.1, 0.15) is 0 Å². The number of aryl methyl sites for hydroxylation is 1. The molecule has 0 bridgehead atoms. The molecule has 0 aliphatic heterocycles. The molecule has 1 rings (SSSR count). The molecule has 0 saturated carbocycles. The van der Waals surface area contributed by atoms with Crippen LogP contribution in [-0.4, -0.2) is 16.9 Å². The van der Waals surface area contributed by atoms with E-state index in [0.717, 1.165) is 17.8 Å². The molecule has 15 heavy (non-hydrogen) atoms. The molecular formula is C11H17N3O. The number of rotatable bonds is 4. The molecular weight excluding hydrogens is 190 g/mol. The van der Waals surface area contributed by atoms with Gasteiger partial charge in [0, 0.05) is 6.20 Å². The van der Waals surface area contributed by atoms with Crippen LogP contribution in [0.2, 0.25) is 0 Å². The standard InChI is InChI=1S/C11H17N3O/c1-3-5-9(12)11(15)14-10-6-4-7-13-8(10)2/h4,6-7,9H,3,5,12H2,1-2H3,(H,14,15)/t9-/m1/s1. The summed E-state index contributed by atoms with van der Waals surface area (Å²) < 4.78 is 0. The maximum Gasteiger partial charge on any atom is 0.241 e. The van der Waals surface area contributed by atoms with Crippen molar-refractivity contribution in [1.29, 1.82) is 0 Å². The van der Waals surface area contributed by atoms with E-state index in [0.29, 0.717) is 6.42 Å². The van der Waals surface area contributed by atoms with Crippen LogP contribution in [0.5, 0.6) is 0 Å². The fourth-order valence-electron chi connectivity index (χ4n) is 1.28. The number of nitrogens with one attached hydrogen (secondary N) is 1. The first-order chi connectivity index (χ1) is 7.15. The summed E-state index contributed by atoms with van der Waals surface area (Å²) in [5, 5.41) is 2.77. The first-order valence-corrected chi connectivity index (χ1v) is 5.13. The number of pyridine rings is 1. The predicted octanol–water partition coefficient (Wildman–Crippen LogP) is 1.46. The first kappa shape index (κ1) is 11.7. The number of aromatic nitrogens is 1. The maximum absolute atomic E-state index is 11.6. The predicted molar refractivity (Wildman–Crippen MR) is 60.5 cm³/mol. The highest BCUT2D eigenvalue weighted by molar-refractivity contribution is 5.94. The summed E-state index contributed by atoms with van der Waals surface area (Å²) in [5.41, 5.74) is 7.22. The van der Waals surface area contributed by atoms with Crippen molar-refractivity contribution in [2.45, 2.75) is 32.7 Å². The molecule has 0 unspecified atom stereocenters. The molecule has 0 aliphatic carbocycles. The van der Waals surface area contributed by atoms with E-state index in [-0.39, 0.29) is 5.91 Å². The molecule has 4 nitrogen and oxygen atoms in total. The lowest BCUT2D eigenvalue weighted by Crippen LogP contribution is -2.35. The normalized spacial score (nSPS) is 12.2. The number of amides is 1. The Morgan fingerprint density at radius 2 is 2.40 bits per heavy atom. The number of hydrogen-bond donors (Lipinski definition) is 2. The van der Waals surface area contributed by atoms with Crippen molar-refractivity contribution >= 4 is 11.6 Å². The van der Waals surface area contributed by atoms with Gasteiger partial charge in [-0.3, -0.25) is 9.78 Å². The van der Waals surface area contributed by atoms with Gasteiger partial charge in [0.2, 0.25) is 5.91 Å². The molecule has 0 saturated heterocycles. The summed E-state index contributed by atoms with van der Waals surface area (Å²) in [6.07, 6.45) is 3.29. The van der Waals surface area contributed by atoms with E-state index in [4.69, 9.17) is 5.73 Å². The Kier molecular flexibility index (Phi) is 4.24. The van der Waals surface area contributed by atoms with Crippen LogP contribution in [0.15, 0.2) is 18.3 Å². The summed E-state index contributed by atoms with van der Waals surface area (Å²) in [5.74, 6) is -0.145. The average molecular weight is 207 g/mol. The summed E-state index contributed by atoms with van der Waals surface area (Å²) in [4.78, 5) is 15.7. The van der Waals surface area contributed by atoms with Gasteiger partial charge in [0.25, 0.3) is 0 Å². The molecule has 0 fully saturated rings. The maximum atomic E-state index is 11.6. The van der Waals surface area contributed by atoms with Crippen molar-refractivity contribution in [3.63, 3.8) is 0 Å². The lowest BCUT2D eigenvalue weighted by atomic mass is 10.1. The third-order valence-corrected chi connectivity index (χ3v) is 2.20. The Morgan fingerprint density at radius 1 is 1.67 bits per heavy atom. The monoisotopic (exact) mass is 207 g/mol. The molecule has 1 heterocycles. The van der Waals surface area contributed by atoms with E-state index in [2.05, 4.69) is 10.3 Å². The zero-order valence-corrected chi connectivity index (χ0v) is 9.16. The van der Waals surface area contributed by atoms with Crippen LogP contribution in [0.1, 0.15) is 25.5 Å². The van der Waals surface area contributed by atoms with Crippen LogP contribution in [0.25, 0.3) is 0 Å². The number of carbonyl (C=O) groups is 1. The Balaban J connectivity index is 2.62. The van der Waals surface area contributed by atoms with Gasteiger partial charge in [-0.05, 0) is 25.5 Å². The minimum absolute atomic E-state index is 0.145. The third-order valence-electron chi connectivity index (χ3n) is 2.20. The van der Waals surface area contributed by atoms with E-state index in [1.54, 1.807) is 12.3 Å². The number of hydrogen-bond acceptors (Lipinski definition) is 3. The summed E-state index contributed by atoms with van der Waals surface area (Å²) in [7, 11) is 0. The molecule has 4 heteroatoms. The zero-order valence-electron chi connectivity index (χ0n) is 9.16. The summed E-state index contributed by atoms with van der Waals surface area (Å²) in [6, 6.07) is 3.17. The second kappa shape index (κ2) is 5.46. The van der Waals surface area contributed by atoms with Gasteiger partial charge in [-0.15, -0.1) is 0 Å². The summed E-state index contributed by atoms with van der Waals surface area (Å²) >= 11 is 0. The molecule has 0 aromatic carbocycles. The van der Waals surface area contributed by atoms with Gasteiger partial charge in [-0.2, -0.15) is 0 Å². The van der Waals surface area contributed by atoms with Gasteiger partial charge in [-0.1, -0.05) is 13.3 Å². The van der Waals surface area contributed by atoms with Gasteiger partial charge in [0.05, 0.1) is 17.4 Å². The Hall–Kier alpha value is -1.42. The van der Waals surface area contributed by atoms with Gasteiger partial charge < -0.3 is 11.1 Å². The highest BCUT2D eigenvalue weighted by Gasteiger charge is 2.12. The average Bonchev–Trinajstić information content (AvgIpc) is 2.21. The molecule has 82 valence electrons. The van der Waals surface area contributed by atoms with Gasteiger partial charge in [0.15, 0.2) is 0 Å². The lowest BCUT2D eigenvalue weighted by molar-refractivity contribution is -0.117. The summed E-state index contributed by atoms with van der Waals surface area (Å²) in [6.45, 7) is 3.85. The van der Waals surface area contributed by atoms with Crippen LogP contribution in [-0.2, 0) is 4.79 Å². The second-order valence-electron chi connectivity index (χ2n) is 3.52. The zero-order chi connectivity index (χ0) is 11.3. The quantitative estimate of drug-likeness (QED) is 0.785. The minimum atomic E-state index is -0.436. The number of nitrogens with two attached hydrogens (primary N) is 1. The topological polar surface area (TPSA) is 68.0 Å². The Labute approximate surface area is 89.9 Å².